The fourth-order valence-corrected chi connectivity index (χ4v) is 5.90. The molecule has 1 aliphatic carbocycles. The molecule has 1 aliphatic rings. The molecule has 0 fully saturated rings. The molecule has 0 aromatic heterocycles. The van der Waals surface area contributed by atoms with Crippen molar-refractivity contribution in [1.82, 2.24) is 0 Å². The maximum Gasteiger partial charge on any atom is -1.00 e. The molecular formula is C42H54Cl2Zr-2. The van der Waals surface area contributed by atoms with Crippen molar-refractivity contribution < 1.29 is 49.0 Å². The van der Waals surface area contributed by atoms with Crippen molar-refractivity contribution in [2.24, 2.45) is 0 Å². The third-order valence-corrected chi connectivity index (χ3v) is 9.03. The Labute approximate surface area is 303 Å². The molecule has 0 radical (unpaired) electrons. The normalized spacial score (nSPS) is 11.9. The molecule has 3 heteroatoms. The van der Waals surface area contributed by atoms with E-state index in [1.54, 1.807) is 0 Å². The van der Waals surface area contributed by atoms with E-state index in [1.807, 2.05) is 0 Å². The Kier molecular flexibility index (Phi) is 15.1. The van der Waals surface area contributed by atoms with Gasteiger partial charge in [-0.2, -0.15) is 52.1 Å². The third-order valence-electron chi connectivity index (χ3n) is 8.32. The molecule has 0 atom stereocenters. The molecule has 4 aromatic carbocycles. The minimum atomic E-state index is 0. The molecule has 0 N–H and O–H groups in total. The van der Waals surface area contributed by atoms with Crippen LogP contribution in [0, 0.1) is 19.9 Å². The van der Waals surface area contributed by atoms with Crippen LogP contribution in [0.15, 0.2) is 66.7 Å². The van der Waals surface area contributed by atoms with E-state index in [9.17, 15) is 0 Å². The van der Waals surface area contributed by atoms with E-state index in [0.29, 0.717) is 5.41 Å². The van der Waals surface area contributed by atoms with Crippen LogP contribution >= 0.6 is 0 Å². The quantitative estimate of drug-likeness (QED) is 0.217. The van der Waals surface area contributed by atoms with Crippen molar-refractivity contribution in [3.8, 4) is 11.1 Å². The molecular weight excluding hydrogens is 667 g/mol. The molecule has 4 aromatic rings. The van der Waals surface area contributed by atoms with Gasteiger partial charge < -0.3 is 24.8 Å². The van der Waals surface area contributed by atoms with E-state index < -0.39 is 0 Å². The second kappa shape index (κ2) is 16.4. The summed E-state index contributed by atoms with van der Waals surface area (Å²) in [6.07, 6.45) is 2.18. The van der Waals surface area contributed by atoms with Crippen LogP contribution in [0.4, 0.5) is 0 Å². The molecule has 0 bridgehead atoms. The van der Waals surface area contributed by atoms with E-state index in [2.05, 4.69) is 163 Å². The van der Waals surface area contributed by atoms with Gasteiger partial charge in [-0.3, -0.25) is 0 Å². The Bertz CT molecular complexity index is 1490. The van der Waals surface area contributed by atoms with E-state index >= 15 is 0 Å². The SMILES string of the molecule is CC(C)(C)c1c[c-]c2c(c1)-c1cc(C(C)(C)C)ccc1C2.CCc1[cH-]c(C)cc1C(C)(C)C.C[C](=[Zr+2])c1ccc(C)cc1.[Cl-].[Cl-]. The predicted octanol–water partition coefficient (Wildman–Crippen LogP) is 5.32. The fraction of sp³-hybridized carbons (Fsp3) is 0.429. The summed E-state index contributed by atoms with van der Waals surface area (Å²) in [5, 5.41) is 0. The van der Waals surface area contributed by atoms with E-state index in [-0.39, 0.29) is 35.6 Å². The zero-order chi connectivity index (χ0) is 32.3. The maximum absolute atomic E-state index is 3.53. The number of halogens is 2. The minimum absolute atomic E-state index is 0. The van der Waals surface area contributed by atoms with Gasteiger partial charge in [-0.05, 0) is 17.4 Å². The average molecular weight is 721 g/mol. The zero-order valence-electron chi connectivity index (χ0n) is 30.0. The van der Waals surface area contributed by atoms with Crippen LogP contribution in [0.2, 0.25) is 0 Å². The molecule has 0 nitrogen and oxygen atoms in total. The van der Waals surface area contributed by atoms with Gasteiger partial charge in [0.05, 0.1) is 0 Å². The number of aryl methyl sites for hydroxylation is 3. The van der Waals surface area contributed by atoms with Crippen molar-refractivity contribution in [2.75, 3.05) is 0 Å². The summed E-state index contributed by atoms with van der Waals surface area (Å²) in [5.74, 6) is 0. The Morgan fingerprint density at radius 3 is 1.78 bits per heavy atom. The molecule has 0 saturated carbocycles. The number of fused-ring (bicyclic) bond motifs is 3. The van der Waals surface area contributed by atoms with Gasteiger partial charge in [-0.25, -0.2) is 6.07 Å². The summed E-state index contributed by atoms with van der Waals surface area (Å²) in [5.41, 5.74) is 16.2. The molecule has 242 valence electrons. The van der Waals surface area contributed by atoms with E-state index in [0.717, 1.165) is 12.8 Å². The van der Waals surface area contributed by atoms with Gasteiger partial charge in [-0.1, -0.05) is 123 Å². The van der Waals surface area contributed by atoms with Crippen LogP contribution in [-0.4, -0.2) is 3.21 Å². The zero-order valence-corrected chi connectivity index (χ0v) is 34.0. The van der Waals surface area contributed by atoms with Gasteiger partial charge >= 0.3 is 76.7 Å². The van der Waals surface area contributed by atoms with Crippen molar-refractivity contribution in [3.05, 3.63) is 123 Å². The number of hydrogen-bond donors (Lipinski definition) is 0. The van der Waals surface area contributed by atoms with Crippen LogP contribution in [0.5, 0.6) is 0 Å². The van der Waals surface area contributed by atoms with Crippen LogP contribution in [0.25, 0.3) is 11.1 Å². The summed E-state index contributed by atoms with van der Waals surface area (Å²) in [6, 6.07) is 28.4. The molecule has 0 heterocycles. The molecule has 0 unspecified atom stereocenters. The van der Waals surface area contributed by atoms with Gasteiger partial charge in [0.1, 0.15) is 0 Å². The molecule has 0 aliphatic heterocycles. The number of benzene rings is 3. The smallest absolute Gasteiger partial charge is 1.00 e. The monoisotopic (exact) mass is 718 g/mol. The van der Waals surface area contributed by atoms with Gasteiger partial charge in [0.25, 0.3) is 0 Å². The Morgan fingerprint density at radius 2 is 1.31 bits per heavy atom. The Morgan fingerprint density at radius 1 is 0.756 bits per heavy atom. The third kappa shape index (κ3) is 11.2. The van der Waals surface area contributed by atoms with Crippen LogP contribution < -0.4 is 24.8 Å². The van der Waals surface area contributed by atoms with Gasteiger partial charge in [0, 0.05) is 0 Å². The first kappa shape index (κ1) is 41.4. The molecule has 0 saturated heterocycles. The Hall–Kier alpha value is -1.66. The van der Waals surface area contributed by atoms with Crippen molar-refractivity contribution in [2.45, 2.75) is 119 Å². The van der Waals surface area contributed by atoms with Gasteiger partial charge in [-0.15, -0.1) is 5.56 Å². The molecule has 0 spiro atoms. The molecule has 45 heavy (non-hydrogen) atoms. The fourth-order valence-electron chi connectivity index (χ4n) is 5.49. The average Bonchev–Trinajstić information content (AvgIpc) is 3.48. The first-order valence-corrected chi connectivity index (χ1v) is 17.1. The summed E-state index contributed by atoms with van der Waals surface area (Å²) >= 11 is 1.51. The topological polar surface area (TPSA) is 0 Å². The predicted molar refractivity (Wildman–Crippen MR) is 187 cm³/mol. The number of rotatable bonds is 2. The molecule has 0 amide bonds. The van der Waals surface area contributed by atoms with Crippen LogP contribution in [0.1, 0.15) is 126 Å². The van der Waals surface area contributed by atoms with Crippen molar-refractivity contribution in [1.29, 1.82) is 0 Å². The summed E-state index contributed by atoms with van der Waals surface area (Å²) in [7, 11) is 0. The second-order valence-electron chi connectivity index (χ2n) is 15.4. The standard InChI is InChI=1S/C21H25.C12H19.C9H10.2ClH.Zr/c1-20(2,3)16-9-7-14-11-15-8-10-17(21(4,5)6)13-19(15)18(14)12-16;1-6-10-7-9(2)8-11(10)12(3,4)5;1-3-9-6-4-8(2)5-7-9;;;/h7,9-10,12-13H,11H2,1-6H3;7-8H,6H2,1-5H3;4-7H,1-2H3;2*1H;/q2*-1;;;;+2/p-2. The number of hydrogen-bond acceptors (Lipinski definition) is 0. The molecule has 5 rings (SSSR count). The van der Waals surface area contributed by atoms with E-state index in [1.165, 1.54) is 88.6 Å². The van der Waals surface area contributed by atoms with Gasteiger partial charge in [0.15, 0.2) is 0 Å². The minimum Gasteiger partial charge on any atom is -1.00 e. The van der Waals surface area contributed by atoms with E-state index in [4.69, 9.17) is 0 Å². The van der Waals surface area contributed by atoms with Crippen LogP contribution in [-0.2, 0) is 53.3 Å². The largest absolute Gasteiger partial charge is 1.00 e. The van der Waals surface area contributed by atoms with Crippen molar-refractivity contribution >= 4 is 3.21 Å². The Balaban J connectivity index is 0.000000362. The van der Waals surface area contributed by atoms with Crippen molar-refractivity contribution in [3.63, 3.8) is 0 Å². The first-order chi connectivity index (χ1) is 19.8. The van der Waals surface area contributed by atoms with Gasteiger partial charge in [0.2, 0.25) is 0 Å². The van der Waals surface area contributed by atoms with Crippen LogP contribution in [0.3, 0.4) is 0 Å². The maximum atomic E-state index is 3.53. The summed E-state index contributed by atoms with van der Waals surface area (Å²) in [4.78, 5) is 0. The first-order valence-electron chi connectivity index (χ1n) is 15.9. The summed E-state index contributed by atoms with van der Waals surface area (Å²) < 4.78 is 1.46. The summed E-state index contributed by atoms with van der Waals surface area (Å²) in [6.45, 7) is 29.2. The second-order valence-corrected chi connectivity index (χ2v) is 17.2.